The Morgan fingerprint density at radius 2 is 1.44 bits per heavy atom. The monoisotopic (exact) mass is 340 g/mol. The Hall–Kier alpha value is -2.79. The molecule has 2 rings (SSSR count). The van der Waals surface area contributed by atoms with Crippen LogP contribution in [0.4, 0.5) is 0 Å². The molecule has 0 aliphatic carbocycles. The van der Waals surface area contributed by atoms with E-state index in [1.807, 2.05) is 6.07 Å². The molecule has 0 radical (unpaired) electrons. The van der Waals surface area contributed by atoms with Crippen LogP contribution in [-0.4, -0.2) is 34.9 Å². The summed E-state index contributed by atoms with van der Waals surface area (Å²) in [6.45, 7) is 2.60. The molecule has 1 atom stereocenters. The van der Waals surface area contributed by atoms with Crippen LogP contribution in [0.1, 0.15) is 46.5 Å². The van der Waals surface area contributed by atoms with E-state index in [4.69, 9.17) is 4.74 Å². The second-order valence-corrected chi connectivity index (χ2v) is 5.97. The molecule has 0 saturated heterocycles. The van der Waals surface area contributed by atoms with Gasteiger partial charge in [-0.3, -0.25) is 14.4 Å². The average molecular weight is 340 g/mol. The van der Waals surface area contributed by atoms with Crippen LogP contribution in [-0.2, 0) is 9.53 Å². The summed E-state index contributed by atoms with van der Waals surface area (Å²) in [5.74, 6) is -1.09. The van der Waals surface area contributed by atoms with Gasteiger partial charge >= 0.3 is 5.97 Å². The van der Waals surface area contributed by atoms with E-state index in [0.29, 0.717) is 11.1 Å². The lowest BCUT2D eigenvalue weighted by Gasteiger charge is -2.21. The van der Waals surface area contributed by atoms with E-state index < -0.39 is 17.4 Å². The van der Waals surface area contributed by atoms with Gasteiger partial charge in [-0.25, -0.2) is 0 Å². The van der Waals surface area contributed by atoms with Crippen molar-refractivity contribution in [2.75, 3.05) is 6.61 Å². The summed E-state index contributed by atoms with van der Waals surface area (Å²) in [6.07, 6.45) is -0.00386. The van der Waals surface area contributed by atoms with E-state index in [9.17, 15) is 19.5 Å². The fraction of sp³-hybridized carbons (Fsp3) is 0.250. The van der Waals surface area contributed by atoms with Crippen LogP contribution in [0.15, 0.2) is 54.6 Å². The van der Waals surface area contributed by atoms with E-state index in [1.54, 1.807) is 36.4 Å². The third-order valence-corrected chi connectivity index (χ3v) is 3.83. The first kappa shape index (κ1) is 18.5. The standard InChI is InChI=1S/C20H20O5/c1-14(21)25-13-12-20(2,24)19(23)17-10-8-16(9-11-17)18(22)15-6-4-3-5-7-15/h3-11,24H,12-13H2,1-2H3. The number of hydrogen-bond acceptors (Lipinski definition) is 5. The predicted octanol–water partition coefficient (Wildman–Crippen LogP) is 2.80. The van der Waals surface area contributed by atoms with Gasteiger partial charge in [0.15, 0.2) is 11.6 Å². The van der Waals surface area contributed by atoms with E-state index in [0.717, 1.165) is 0 Å². The fourth-order valence-electron chi connectivity index (χ4n) is 2.35. The van der Waals surface area contributed by atoms with Gasteiger partial charge in [0.25, 0.3) is 0 Å². The van der Waals surface area contributed by atoms with Crippen LogP contribution in [0.2, 0.25) is 0 Å². The maximum Gasteiger partial charge on any atom is 0.302 e. The zero-order valence-electron chi connectivity index (χ0n) is 14.2. The molecule has 25 heavy (non-hydrogen) atoms. The predicted molar refractivity (Wildman–Crippen MR) is 92.5 cm³/mol. The van der Waals surface area contributed by atoms with Crippen molar-refractivity contribution in [3.8, 4) is 0 Å². The molecule has 0 bridgehead atoms. The lowest BCUT2D eigenvalue weighted by Crippen LogP contribution is -2.36. The number of ether oxygens (including phenoxy) is 1. The Kier molecular flexibility index (Phi) is 5.83. The van der Waals surface area contributed by atoms with E-state index in [2.05, 4.69) is 0 Å². The lowest BCUT2D eigenvalue weighted by atomic mass is 9.91. The van der Waals surface area contributed by atoms with Gasteiger partial charge < -0.3 is 9.84 Å². The van der Waals surface area contributed by atoms with Crippen LogP contribution in [0.25, 0.3) is 0 Å². The molecule has 0 fully saturated rings. The first-order valence-corrected chi connectivity index (χ1v) is 7.91. The molecule has 0 amide bonds. The highest BCUT2D eigenvalue weighted by Gasteiger charge is 2.31. The third-order valence-electron chi connectivity index (χ3n) is 3.83. The molecule has 1 N–H and O–H groups in total. The number of benzene rings is 2. The Labute approximate surface area is 146 Å². The molecular formula is C20H20O5. The van der Waals surface area contributed by atoms with Crippen LogP contribution >= 0.6 is 0 Å². The number of ketones is 2. The van der Waals surface area contributed by atoms with Gasteiger partial charge in [0.05, 0.1) is 6.61 Å². The van der Waals surface area contributed by atoms with Crippen molar-refractivity contribution in [2.24, 2.45) is 0 Å². The van der Waals surface area contributed by atoms with Crippen molar-refractivity contribution in [3.63, 3.8) is 0 Å². The normalized spacial score (nSPS) is 12.9. The van der Waals surface area contributed by atoms with Crippen molar-refractivity contribution >= 4 is 17.5 Å². The van der Waals surface area contributed by atoms with E-state index >= 15 is 0 Å². The molecule has 130 valence electrons. The van der Waals surface area contributed by atoms with Crippen molar-refractivity contribution in [2.45, 2.75) is 25.9 Å². The Balaban J connectivity index is 2.09. The minimum Gasteiger partial charge on any atom is -0.466 e. The Bertz CT molecular complexity index is 760. The lowest BCUT2D eigenvalue weighted by molar-refractivity contribution is -0.141. The van der Waals surface area contributed by atoms with Crippen LogP contribution in [0.3, 0.4) is 0 Å². The minimum absolute atomic E-state index is 0.00386. The topological polar surface area (TPSA) is 80.7 Å². The first-order chi connectivity index (χ1) is 11.8. The number of aliphatic hydroxyl groups is 1. The van der Waals surface area contributed by atoms with E-state index in [1.165, 1.54) is 26.0 Å². The Morgan fingerprint density at radius 3 is 2.00 bits per heavy atom. The molecular weight excluding hydrogens is 320 g/mol. The van der Waals surface area contributed by atoms with Gasteiger partial charge in [0.2, 0.25) is 0 Å². The quantitative estimate of drug-likeness (QED) is 0.619. The summed E-state index contributed by atoms with van der Waals surface area (Å²) in [6, 6.07) is 15.0. The van der Waals surface area contributed by atoms with Gasteiger partial charge in [-0.15, -0.1) is 0 Å². The number of Topliss-reactive ketones (excluding diaryl/α,β-unsaturated/α-hetero) is 1. The van der Waals surface area contributed by atoms with Gasteiger partial charge in [0.1, 0.15) is 5.60 Å². The van der Waals surface area contributed by atoms with Crippen LogP contribution in [0.5, 0.6) is 0 Å². The molecule has 0 heterocycles. The Morgan fingerprint density at radius 1 is 0.920 bits per heavy atom. The summed E-state index contributed by atoms with van der Waals surface area (Å²) >= 11 is 0. The molecule has 0 spiro atoms. The first-order valence-electron chi connectivity index (χ1n) is 7.91. The smallest absolute Gasteiger partial charge is 0.302 e. The summed E-state index contributed by atoms with van der Waals surface area (Å²) < 4.78 is 4.77. The summed E-state index contributed by atoms with van der Waals surface area (Å²) in [7, 11) is 0. The van der Waals surface area contributed by atoms with Crippen molar-refractivity contribution in [3.05, 3.63) is 71.3 Å². The molecule has 5 heteroatoms. The van der Waals surface area contributed by atoms with Crippen molar-refractivity contribution in [1.82, 2.24) is 0 Å². The number of esters is 1. The second-order valence-electron chi connectivity index (χ2n) is 5.97. The number of hydrogen-bond donors (Lipinski definition) is 1. The van der Waals surface area contributed by atoms with Crippen LogP contribution in [0, 0.1) is 0 Å². The highest BCUT2D eigenvalue weighted by Crippen LogP contribution is 2.19. The van der Waals surface area contributed by atoms with Gasteiger partial charge in [-0.1, -0.05) is 54.6 Å². The molecule has 0 aromatic heterocycles. The summed E-state index contributed by atoms with van der Waals surface area (Å²) in [4.78, 5) is 35.5. The number of carbonyl (C=O) groups excluding carboxylic acids is 3. The van der Waals surface area contributed by atoms with Gasteiger partial charge in [-0.05, 0) is 6.92 Å². The third kappa shape index (κ3) is 4.84. The molecule has 2 aromatic rings. The summed E-state index contributed by atoms with van der Waals surface area (Å²) in [5, 5.41) is 10.3. The van der Waals surface area contributed by atoms with Crippen LogP contribution < -0.4 is 0 Å². The highest BCUT2D eigenvalue weighted by molar-refractivity contribution is 6.09. The molecule has 0 saturated carbocycles. The second kappa shape index (κ2) is 7.85. The average Bonchev–Trinajstić information content (AvgIpc) is 2.61. The SMILES string of the molecule is CC(=O)OCCC(C)(O)C(=O)c1ccc(C(=O)c2ccccc2)cc1. The van der Waals surface area contributed by atoms with Gasteiger partial charge in [0, 0.05) is 30.0 Å². The fourth-order valence-corrected chi connectivity index (χ4v) is 2.35. The molecule has 2 aromatic carbocycles. The molecule has 0 aliphatic heterocycles. The van der Waals surface area contributed by atoms with E-state index in [-0.39, 0.29) is 24.4 Å². The maximum atomic E-state index is 12.4. The van der Waals surface area contributed by atoms with Gasteiger partial charge in [-0.2, -0.15) is 0 Å². The maximum absolute atomic E-state index is 12.4. The molecule has 0 aliphatic rings. The zero-order valence-corrected chi connectivity index (χ0v) is 14.2. The van der Waals surface area contributed by atoms with Crippen molar-refractivity contribution < 1.29 is 24.2 Å². The molecule has 5 nitrogen and oxygen atoms in total. The largest absolute Gasteiger partial charge is 0.466 e. The summed E-state index contributed by atoms with van der Waals surface area (Å²) in [5.41, 5.74) is -0.338. The molecule has 1 unspecified atom stereocenters. The van der Waals surface area contributed by atoms with Crippen molar-refractivity contribution in [1.29, 1.82) is 0 Å². The minimum atomic E-state index is -1.65. The highest BCUT2D eigenvalue weighted by atomic mass is 16.5. The number of carbonyl (C=O) groups is 3. The zero-order chi connectivity index (χ0) is 18.4. The number of rotatable bonds is 7.